The standard InChI is InChI=1S/C22H18BrFN2OS/c1-14(15-7-3-2-4-8-15)25-22(27)19-11-20-18(12-21(23)28-20)26(19)13-16-9-5-6-10-17(16)24/h2-12,14H,13H2,1H3,(H,25,27). The van der Waals surface area contributed by atoms with Crippen LogP contribution in [0.25, 0.3) is 10.2 Å². The minimum Gasteiger partial charge on any atom is -0.344 e. The van der Waals surface area contributed by atoms with Gasteiger partial charge in [-0.25, -0.2) is 4.39 Å². The van der Waals surface area contributed by atoms with Crippen molar-refractivity contribution in [3.63, 3.8) is 0 Å². The van der Waals surface area contributed by atoms with Crippen molar-refractivity contribution < 1.29 is 9.18 Å². The van der Waals surface area contributed by atoms with Crippen LogP contribution in [-0.4, -0.2) is 10.5 Å². The fourth-order valence-electron chi connectivity index (χ4n) is 3.26. The van der Waals surface area contributed by atoms with Crippen molar-refractivity contribution in [1.82, 2.24) is 9.88 Å². The van der Waals surface area contributed by atoms with E-state index < -0.39 is 0 Å². The fourth-order valence-corrected chi connectivity index (χ4v) is 4.83. The van der Waals surface area contributed by atoms with E-state index in [-0.39, 0.29) is 17.8 Å². The molecule has 1 amide bonds. The number of carbonyl (C=O) groups excluding carboxylic acids is 1. The van der Waals surface area contributed by atoms with Crippen molar-refractivity contribution >= 4 is 43.4 Å². The molecule has 2 aromatic carbocycles. The zero-order valence-electron chi connectivity index (χ0n) is 15.2. The second-order valence-electron chi connectivity index (χ2n) is 6.61. The van der Waals surface area contributed by atoms with E-state index in [1.54, 1.807) is 29.5 Å². The molecule has 1 atom stereocenters. The summed E-state index contributed by atoms with van der Waals surface area (Å²) in [6.45, 7) is 2.25. The molecule has 2 aromatic heterocycles. The number of hydrogen-bond donors (Lipinski definition) is 1. The molecule has 0 saturated carbocycles. The molecule has 0 aliphatic rings. The lowest BCUT2D eigenvalue weighted by Crippen LogP contribution is -2.28. The Morgan fingerprint density at radius 1 is 1.14 bits per heavy atom. The van der Waals surface area contributed by atoms with Gasteiger partial charge >= 0.3 is 0 Å². The fraction of sp³-hybridized carbons (Fsp3) is 0.136. The van der Waals surface area contributed by atoms with Crippen LogP contribution in [0.1, 0.15) is 34.6 Å². The van der Waals surface area contributed by atoms with Crippen LogP contribution in [-0.2, 0) is 6.54 Å². The summed E-state index contributed by atoms with van der Waals surface area (Å²) < 4.78 is 18.1. The lowest BCUT2D eigenvalue weighted by atomic mass is 10.1. The number of thiophene rings is 1. The number of amides is 1. The maximum Gasteiger partial charge on any atom is 0.268 e. The molecule has 1 unspecified atom stereocenters. The molecule has 0 saturated heterocycles. The lowest BCUT2D eigenvalue weighted by molar-refractivity contribution is 0.0931. The number of nitrogens with zero attached hydrogens (tertiary/aromatic N) is 1. The van der Waals surface area contributed by atoms with Crippen LogP contribution in [0, 0.1) is 5.82 Å². The quantitative estimate of drug-likeness (QED) is 0.384. The Morgan fingerprint density at radius 3 is 2.61 bits per heavy atom. The highest BCUT2D eigenvalue weighted by molar-refractivity contribution is 9.11. The summed E-state index contributed by atoms with van der Waals surface area (Å²) in [6, 6.07) is 20.2. The second-order valence-corrected chi connectivity index (χ2v) is 9.08. The first-order chi connectivity index (χ1) is 13.5. The van der Waals surface area contributed by atoms with E-state index >= 15 is 0 Å². The van der Waals surface area contributed by atoms with Gasteiger partial charge in [0, 0.05) is 5.56 Å². The zero-order valence-corrected chi connectivity index (χ0v) is 17.6. The van der Waals surface area contributed by atoms with E-state index in [2.05, 4.69) is 21.2 Å². The predicted molar refractivity (Wildman–Crippen MR) is 115 cm³/mol. The highest BCUT2D eigenvalue weighted by Crippen LogP contribution is 2.33. The Bertz CT molecular complexity index is 1140. The van der Waals surface area contributed by atoms with Crippen LogP contribution >= 0.6 is 27.3 Å². The summed E-state index contributed by atoms with van der Waals surface area (Å²) in [5.41, 5.74) is 3.03. The van der Waals surface area contributed by atoms with Crippen LogP contribution in [0.4, 0.5) is 4.39 Å². The molecule has 0 bridgehead atoms. The summed E-state index contributed by atoms with van der Waals surface area (Å²) in [6.07, 6.45) is 0. The number of carbonyl (C=O) groups is 1. The first kappa shape index (κ1) is 18.9. The minimum atomic E-state index is -0.275. The average Bonchev–Trinajstić information content (AvgIpc) is 3.21. The topological polar surface area (TPSA) is 34.0 Å². The number of aromatic nitrogens is 1. The number of halogens is 2. The van der Waals surface area contributed by atoms with Gasteiger partial charge in [-0.2, -0.15) is 0 Å². The largest absolute Gasteiger partial charge is 0.344 e. The van der Waals surface area contributed by atoms with Crippen LogP contribution in [0.5, 0.6) is 0 Å². The van der Waals surface area contributed by atoms with Crippen LogP contribution in [0.15, 0.2) is 70.5 Å². The van der Waals surface area contributed by atoms with Gasteiger partial charge in [0.15, 0.2) is 0 Å². The molecule has 2 heterocycles. The van der Waals surface area contributed by atoms with E-state index in [1.807, 2.05) is 54.0 Å². The zero-order chi connectivity index (χ0) is 19.7. The molecule has 4 rings (SSSR count). The van der Waals surface area contributed by atoms with Gasteiger partial charge in [0.1, 0.15) is 11.5 Å². The molecule has 28 heavy (non-hydrogen) atoms. The van der Waals surface area contributed by atoms with Gasteiger partial charge in [0.2, 0.25) is 0 Å². The van der Waals surface area contributed by atoms with Crippen molar-refractivity contribution in [3.8, 4) is 0 Å². The molecule has 0 aliphatic heterocycles. The highest BCUT2D eigenvalue weighted by atomic mass is 79.9. The molecule has 4 aromatic rings. The lowest BCUT2D eigenvalue weighted by Gasteiger charge is -2.16. The molecular weight excluding hydrogens is 439 g/mol. The van der Waals surface area contributed by atoms with Gasteiger partial charge < -0.3 is 9.88 Å². The number of rotatable bonds is 5. The highest BCUT2D eigenvalue weighted by Gasteiger charge is 2.20. The average molecular weight is 457 g/mol. The Hall–Kier alpha value is -2.44. The molecule has 0 radical (unpaired) electrons. The van der Waals surface area contributed by atoms with Crippen LogP contribution in [0.3, 0.4) is 0 Å². The maximum atomic E-state index is 14.2. The molecule has 1 N–H and O–H groups in total. The molecule has 6 heteroatoms. The summed E-state index contributed by atoms with van der Waals surface area (Å²) in [5.74, 6) is -0.449. The summed E-state index contributed by atoms with van der Waals surface area (Å²) in [7, 11) is 0. The second kappa shape index (κ2) is 7.89. The van der Waals surface area contributed by atoms with Gasteiger partial charge in [-0.05, 0) is 46.6 Å². The number of nitrogens with one attached hydrogen (secondary N) is 1. The van der Waals surface area contributed by atoms with E-state index in [0.29, 0.717) is 17.8 Å². The smallest absolute Gasteiger partial charge is 0.268 e. The summed E-state index contributed by atoms with van der Waals surface area (Å²) >= 11 is 5.06. The van der Waals surface area contributed by atoms with Crippen molar-refractivity contribution in [2.75, 3.05) is 0 Å². The van der Waals surface area contributed by atoms with Gasteiger partial charge in [0.25, 0.3) is 5.91 Å². The SMILES string of the molecule is CC(NC(=O)c1cc2sc(Br)cc2n1Cc1ccccc1F)c1ccccc1. The third-order valence-electron chi connectivity index (χ3n) is 4.73. The van der Waals surface area contributed by atoms with Gasteiger partial charge in [-0.15, -0.1) is 11.3 Å². The number of benzene rings is 2. The van der Waals surface area contributed by atoms with E-state index in [0.717, 1.165) is 19.6 Å². The molecule has 0 fully saturated rings. The molecule has 0 spiro atoms. The third kappa shape index (κ3) is 3.75. The summed E-state index contributed by atoms with van der Waals surface area (Å²) in [5, 5.41) is 3.06. The normalized spacial score (nSPS) is 12.2. The minimum absolute atomic E-state index is 0.129. The molecule has 0 aliphatic carbocycles. The van der Waals surface area contributed by atoms with Crippen molar-refractivity contribution in [3.05, 3.63) is 93.2 Å². The number of hydrogen-bond acceptors (Lipinski definition) is 2. The number of fused-ring (bicyclic) bond motifs is 1. The maximum absolute atomic E-state index is 14.2. The predicted octanol–water partition coefficient (Wildman–Crippen LogP) is 6.14. The van der Waals surface area contributed by atoms with Crippen LogP contribution in [0.2, 0.25) is 0 Å². The van der Waals surface area contributed by atoms with Gasteiger partial charge in [-0.3, -0.25) is 4.79 Å². The Labute approximate surface area is 174 Å². The van der Waals surface area contributed by atoms with Crippen LogP contribution < -0.4 is 5.32 Å². The summed E-state index contributed by atoms with van der Waals surface area (Å²) in [4.78, 5) is 13.0. The van der Waals surface area contributed by atoms with E-state index in [4.69, 9.17) is 0 Å². The first-order valence-electron chi connectivity index (χ1n) is 8.90. The first-order valence-corrected chi connectivity index (χ1v) is 10.5. The van der Waals surface area contributed by atoms with Gasteiger partial charge in [0.05, 0.1) is 26.6 Å². The third-order valence-corrected chi connectivity index (χ3v) is 6.30. The van der Waals surface area contributed by atoms with Crippen molar-refractivity contribution in [2.45, 2.75) is 19.5 Å². The van der Waals surface area contributed by atoms with E-state index in [9.17, 15) is 9.18 Å². The molecular formula is C22H18BrFN2OS. The Kier molecular flexibility index (Phi) is 5.33. The molecule has 142 valence electrons. The van der Waals surface area contributed by atoms with E-state index in [1.165, 1.54) is 6.07 Å². The van der Waals surface area contributed by atoms with Crippen molar-refractivity contribution in [1.29, 1.82) is 0 Å². The van der Waals surface area contributed by atoms with Crippen molar-refractivity contribution in [2.24, 2.45) is 0 Å². The monoisotopic (exact) mass is 456 g/mol. The molecule has 3 nitrogen and oxygen atoms in total. The Morgan fingerprint density at radius 2 is 1.86 bits per heavy atom. The Balaban J connectivity index is 1.69. The van der Waals surface area contributed by atoms with Gasteiger partial charge in [-0.1, -0.05) is 48.5 Å².